The lowest BCUT2D eigenvalue weighted by Crippen LogP contribution is -2.14. The molecular formula is C17H18N4O2. The quantitative estimate of drug-likeness (QED) is 0.640. The second kappa shape index (κ2) is 5.88. The Balaban J connectivity index is 2.16. The molecule has 0 unspecified atom stereocenters. The molecule has 0 radical (unpaired) electrons. The van der Waals surface area contributed by atoms with Gasteiger partial charge < -0.3 is 14.8 Å². The van der Waals surface area contributed by atoms with Gasteiger partial charge in [-0.2, -0.15) is 5.10 Å². The van der Waals surface area contributed by atoms with Crippen LogP contribution in [0.5, 0.6) is 0 Å². The SMILES string of the molecule is CC(C)(O)C#Cc1cc2c(-c3cn[nH]c3)cn(CCO)c2cn1. The van der Waals surface area contributed by atoms with Crippen molar-refractivity contribution in [3.05, 3.63) is 36.5 Å². The van der Waals surface area contributed by atoms with E-state index in [2.05, 4.69) is 27.0 Å². The summed E-state index contributed by atoms with van der Waals surface area (Å²) in [5.74, 6) is 5.66. The highest BCUT2D eigenvalue weighted by molar-refractivity contribution is 5.96. The predicted molar refractivity (Wildman–Crippen MR) is 87.6 cm³/mol. The molecule has 3 N–H and O–H groups in total. The van der Waals surface area contributed by atoms with Gasteiger partial charge in [-0.15, -0.1) is 0 Å². The van der Waals surface area contributed by atoms with Crippen LogP contribution in [0.25, 0.3) is 22.0 Å². The van der Waals surface area contributed by atoms with Crippen molar-refractivity contribution in [3.63, 3.8) is 0 Å². The van der Waals surface area contributed by atoms with Crippen molar-refractivity contribution in [1.29, 1.82) is 0 Å². The van der Waals surface area contributed by atoms with E-state index in [4.69, 9.17) is 0 Å². The third kappa shape index (κ3) is 3.26. The van der Waals surface area contributed by atoms with Gasteiger partial charge >= 0.3 is 0 Å². The Morgan fingerprint density at radius 2 is 2.17 bits per heavy atom. The molecule has 0 fully saturated rings. The lowest BCUT2D eigenvalue weighted by atomic mass is 10.1. The number of aliphatic hydroxyl groups is 2. The normalized spacial score (nSPS) is 11.5. The maximum absolute atomic E-state index is 9.73. The fourth-order valence-electron chi connectivity index (χ4n) is 2.39. The van der Waals surface area contributed by atoms with Crippen LogP contribution in [-0.4, -0.2) is 42.2 Å². The van der Waals surface area contributed by atoms with Crippen LogP contribution in [0, 0.1) is 11.8 Å². The number of hydrogen-bond donors (Lipinski definition) is 3. The summed E-state index contributed by atoms with van der Waals surface area (Å²) < 4.78 is 1.96. The highest BCUT2D eigenvalue weighted by Gasteiger charge is 2.12. The van der Waals surface area contributed by atoms with Crippen LogP contribution in [0.2, 0.25) is 0 Å². The lowest BCUT2D eigenvalue weighted by Gasteiger charge is -2.06. The number of hydrogen-bond acceptors (Lipinski definition) is 4. The molecule has 0 spiro atoms. The molecule has 3 aromatic heterocycles. The first-order valence-electron chi connectivity index (χ1n) is 7.32. The molecule has 0 aromatic carbocycles. The van der Waals surface area contributed by atoms with E-state index in [1.54, 1.807) is 26.2 Å². The molecule has 3 rings (SSSR count). The first-order chi connectivity index (χ1) is 11.0. The Morgan fingerprint density at radius 3 is 2.83 bits per heavy atom. The summed E-state index contributed by atoms with van der Waals surface area (Å²) in [5, 5.41) is 26.7. The second-order valence-electron chi connectivity index (χ2n) is 5.84. The minimum atomic E-state index is -1.06. The van der Waals surface area contributed by atoms with Crippen LogP contribution in [0.4, 0.5) is 0 Å². The summed E-state index contributed by atoms with van der Waals surface area (Å²) in [7, 11) is 0. The summed E-state index contributed by atoms with van der Waals surface area (Å²) in [6.45, 7) is 3.81. The van der Waals surface area contributed by atoms with Crippen LogP contribution < -0.4 is 0 Å². The molecule has 0 aliphatic carbocycles. The van der Waals surface area contributed by atoms with E-state index in [0.29, 0.717) is 12.2 Å². The third-order valence-corrected chi connectivity index (χ3v) is 3.41. The molecule has 3 heterocycles. The van der Waals surface area contributed by atoms with Gasteiger partial charge in [-0.1, -0.05) is 5.92 Å². The van der Waals surface area contributed by atoms with Crippen LogP contribution in [0.15, 0.2) is 30.9 Å². The predicted octanol–water partition coefficient (Wildman–Crippen LogP) is 1.54. The van der Waals surface area contributed by atoms with E-state index < -0.39 is 5.60 Å². The minimum absolute atomic E-state index is 0.0505. The first-order valence-corrected chi connectivity index (χ1v) is 7.32. The van der Waals surface area contributed by atoms with E-state index in [0.717, 1.165) is 22.0 Å². The molecule has 0 bridgehead atoms. The molecule has 23 heavy (non-hydrogen) atoms. The van der Waals surface area contributed by atoms with Gasteiger partial charge in [0.1, 0.15) is 11.3 Å². The topological polar surface area (TPSA) is 87.0 Å². The van der Waals surface area contributed by atoms with Gasteiger partial charge in [0.2, 0.25) is 0 Å². The van der Waals surface area contributed by atoms with Crippen LogP contribution in [0.1, 0.15) is 19.5 Å². The zero-order valence-electron chi connectivity index (χ0n) is 13.0. The molecule has 118 valence electrons. The average molecular weight is 310 g/mol. The lowest BCUT2D eigenvalue weighted by molar-refractivity contribution is 0.143. The zero-order valence-corrected chi connectivity index (χ0v) is 13.0. The fraction of sp³-hybridized carbons (Fsp3) is 0.294. The van der Waals surface area contributed by atoms with Gasteiger partial charge in [-0.25, -0.2) is 4.98 Å². The smallest absolute Gasteiger partial charge is 0.120 e. The molecule has 0 saturated heterocycles. The number of fused-ring (bicyclic) bond motifs is 1. The number of nitrogens with zero attached hydrogens (tertiary/aromatic N) is 3. The Labute approximate surface area is 133 Å². The highest BCUT2D eigenvalue weighted by Crippen LogP contribution is 2.30. The van der Waals surface area contributed by atoms with Crippen LogP contribution >= 0.6 is 0 Å². The summed E-state index contributed by atoms with van der Waals surface area (Å²) in [6.07, 6.45) is 7.28. The second-order valence-corrected chi connectivity index (χ2v) is 5.84. The van der Waals surface area contributed by atoms with E-state index >= 15 is 0 Å². The molecule has 0 aliphatic rings. The number of rotatable bonds is 3. The maximum atomic E-state index is 9.73. The summed E-state index contributed by atoms with van der Waals surface area (Å²) in [4.78, 5) is 4.34. The Kier molecular flexibility index (Phi) is 3.90. The maximum Gasteiger partial charge on any atom is 0.120 e. The molecular weight excluding hydrogens is 292 g/mol. The Bertz CT molecular complexity index is 877. The number of aromatic amines is 1. The van der Waals surface area contributed by atoms with Crippen LogP contribution in [-0.2, 0) is 6.54 Å². The van der Waals surface area contributed by atoms with Crippen molar-refractivity contribution < 1.29 is 10.2 Å². The number of pyridine rings is 1. The van der Waals surface area contributed by atoms with Gasteiger partial charge in [0, 0.05) is 35.5 Å². The van der Waals surface area contributed by atoms with Gasteiger partial charge in [-0.3, -0.25) is 5.10 Å². The molecule has 0 atom stereocenters. The van der Waals surface area contributed by atoms with E-state index in [-0.39, 0.29) is 6.61 Å². The zero-order chi connectivity index (χ0) is 16.4. The van der Waals surface area contributed by atoms with Crippen molar-refractivity contribution in [1.82, 2.24) is 19.7 Å². The van der Waals surface area contributed by atoms with Crippen molar-refractivity contribution in [2.24, 2.45) is 0 Å². The van der Waals surface area contributed by atoms with Gasteiger partial charge in [0.15, 0.2) is 0 Å². The minimum Gasteiger partial charge on any atom is -0.395 e. The Morgan fingerprint density at radius 1 is 1.35 bits per heavy atom. The molecule has 0 saturated carbocycles. The summed E-state index contributed by atoms with van der Waals surface area (Å²) in [6, 6.07) is 1.89. The van der Waals surface area contributed by atoms with E-state index in [1.165, 1.54) is 0 Å². The van der Waals surface area contributed by atoms with Crippen molar-refractivity contribution in [2.75, 3.05) is 6.61 Å². The van der Waals surface area contributed by atoms with Crippen LogP contribution in [0.3, 0.4) is 0 Å². The molecule has 6 heteroatoms. The summed E-state index contributed by atoms with van der Waals surface area (Å²) >= 11 is 0. The Hall–Kier alpha value is -2.62. The number of aromatic nitrogens is 4. The van der Waals surface area contributed by atoms with Crippen molar-refractivity contribution in [2.45, 2.75) is 26.0 Å². The van der Waals surface area contributed by atoms with Crippen molar-refractivity contribution >= 4 is 10.9 Å². The third-order valence-electron chi connectivity index (χ3n) is 3.41. The van der Waals surface area contributed by atoms with E-state index in [1.807, 2.05) is 23.0 Å². The average Bonchev–Trinajstić information content (AvgIpc) is 3.12. The summed E-state index contributed by atoms with van der Waals surface area (Å²) in [5.41, 5.74) is 2.40. The van der Waals surface area contributed by atoms with Gasteiger partial charge in [-0.05, 0) is 25.8 Å². The first kappa shape index (κ1) is 15.3. The monoisotopic (exact) mass is 310 g/mol. The van der Waals surface area contributed by atoms with Crippen molar-refractivity contribution in [3.8, 4) is 23.0 Å². The molecule has 6 nitrogen and oxygen atoms in total. The highest BCUT2D eigenvalue weighted by atomic mass is 16.3. The number of aliphatic hydroxyl groups excluding tert-OH is 1. The number of nitrogens with one attached hydrogen (secondary N) is 1. The molecule has 3 aromatic rings. The van der Waals surface area contributed by atoms with Gasteiger partial charge in [0.05, 0.1) is 24.5 Å². The molecule has 0 aliphatic heterocycles. The van der Waals surface area contributed by atoms with Gasteiger partial charge in [0.25, 0.3) is 0 Å². The van der Waals surface area contributed by atoms with E-state index in [9.17, 15) is 10.2 Å². The number of H-pyrrole nitrogens is 1. The largest absolute Gasteiger partial charge is 0.395 e. The molecule has 0 amide bonds. The fourth-order valence-corrected chi connectivity index (χ4v) is 2.39. The standard InChI is InChI=1S/C17H18N4O2/c1-17(2,23)4-3-13-7-14-15(12-8-19-20-9-12)11-21(5-6-22)16(14)10-18-13/h7-11,22-23H,5-6H2,1-2H3,(H,19,20).